The predicted octanol–water partition coefficient (Wildman–Crippen LogP) is 2.24. The van der Waals surface area contributed by atoms with Crippen LogP contribution in [-0.2, 0) is 24.5 Å². The van der Waals surface area contributed by atoms with E-state index in [1.54, 1.807) is 0 Å². The monoisotopic (exact) mass is 364 g/mol. The first-order valence-electron chi connectivity index (χ1n) is 9.14. The molecule has 1 spiro atoms. The number of carbonyl (C=O) groups excluding carboxylic acids is 1. The molecule has 6 aliphatic rings. The van der Waals surface area contributed by atoms with Gasteiger partial charge in [0.2, 0.25) is 0 Å². The molecule has 1 aliphatic heterocycles. The van der Waals surface area contributed by atoms with Crippen LogP contribution in [0.2, 0.25) is 0 Å². The summed E-state index contributed by atoms with van der Waals surface area (Å²) in [4.78, 5) is 13.0. The van der Waals surface area contributed by atoms with Crippen molar-refractivity contribution in [1.29, 1.82) is 0 Å². The van der Waals surface area contributed by atoms with Crippen molar-refractivity contribution < 1.29 is 22.5 Å². The Kier molecular flexibility index (Phi) is 3.21. The lowest BCUT2D eigenvalue weighted by Crippen LogP contribution is -2.72. The number of ketones is 1. The van der Waals surface area contributed by atoms with Gasteiger partial charge in [0.05, 0.1) is 24.7 Å². The molecule has 0 amide bonds. The molecule has 0 radical (unpaired) electrons. The molecule has 0 aromatic carbocycles. The molecule has 7 atom stereocenters. The minimum Gasteiger partial charge on any atom is -0.392 e. The van der Waals surface area contributed by atoms with E-state index in [9.17, 15) is 14.1 Å². The Morgan fingerprint density at radius 3 is 2.88 bits per heavy atom. The summed E-state index contributed by atoms with van der Waals surface area (Å²) in [7, 11) is 0. The normalized spacial score (nSPS) is 54.4. The topological polar surface area (TPSA) is 72.8 Å². The highest BCUT2D eigenvalue weighted by molar-refractivity contribution is 7.75. The standard InChI is InChI=1S/C19H24O5S/c1-11-6-12-8-19(16(11)21)14(20)7-13-17(2)4-3-5-18(13,15(12)19)10-24-25(22)23-9-17/h6,13-15,20H,1,3-5,7-10H2,2H3/t13?,14-,15?,17+,18+,19+,25?/m1/s1. The smallest absolute Gasteiger partial charge is 0.304 e. The Hall–Kier alpha value is -0.820. The van der Waals surface area contributed by atoms with Gasteiger partial charge in [-0.1, -0.05) is 31.6 Å². The molecule has 3 unspecified atom stereocenters. The maximum atomic E-state index is 13.0. The lowest BCUT2D eigenvalue weighted by Gasteiger charge is -2.71. The van der Waals surface area contributed by atoms with E-state index in [4.69, 9.17) is 8.37 Å². The van der Waals surface area contributed by atoms with Crippen molar-refractivity contribution in [1.82, 2.24) is 0 Å². The van der Waals surface area contributed by atoms with E-state index in [1.807, 2.05) is 6.08 Å². The van der Waals surface area contributed by atoms with E-state index in [0.717, 1.165) is 19.3 Å². The average Bonchev–Trinajstić information content (AvgIpc) is 2.55. The zero-order valence-corrected chi connectivity index (χ0v) is 15.3. The number of hydrogen-bond acceptors (Lipinski definition) is 5. The van der Waals surface area contributed by atoms with Crippen molar-refractivity contribution in [3.8, 4) is 0 Å². The van der Waals surface area contributed by atoms with Crippen LogP contribution < -0.4 is 0 Å². The minimum absolute atomic E-state index is 0.000432. The Balaban J connectivity index is 1.69. The molecule has 5 nitrogen and oxygen atoms in total. The van der Waals surface area contributed by atoms with Gasteiger partial charge in [0.15, 0.2) is 5.78 Å². The van der Waals surface area contributed by atoms with Gasteiger partial charge < -0.3 is 5.11 Å². The van der Waals surface area contributed by atoms with Crippen molar-refractivity contribution >= 4 is 17.1 Å². The molecule has 6 rings (SSSR count). The number of fused-ring (bicyclic) bond motifs is 2. The molecule has 0 aromatic heterocycles. The average molecular weight is 364 g/mol. The van der Waals surface area contributed by atoms with Crippen molar-refractivity contribution in [3.63, 3.8) is 0 Å². The predicted molar refractivity (Wildman–Crippen MR) is 91.3 cm³/mol. The van der Waals surface area contributed by atoms with Gasteiger partial charge >= 0.3 is 11.4 Å². The first kappa shape index (κ1) is 16.4. The molecule has 5 aliphatic carbocycles. The van der Waals surface area contributed by atoms with Crippen LogP contribution in [0.4, 0.5) is 0 Å². The second-order valence-corrected chi connectivity index (χ2v) is 9.88. The summed E-state index contributed by atoms with van der Waals surface area (Å²) < 4.78 is 23.1. The van der Waals surface area contributed by atoms with Crippen LogP contribution >= 0.6 is 0 Å². The summed E-state index contributed by atoms with van der Waals surface area (Å²) in [6.07, 6.45) is 5.47. The lowest BCUT2D eigenvalue weighted by atomic mass is 9.32. The SMILES string of the molecule is C=C1C=C2C[C@@]3(C1=O)C2[C@@]12CCC[C@@](C)(COS(=O)OC1)C2C[C@H]3O. The van der Waals surface area contributed by atoms with Crippen molar-refractivity contribution in [2.24, 2.45) is 28.1 Å². The Labute approximate surface area is 150 Å². The molecule has 1 saturated heterocycles. The fourth-order valence-corrected chi connectivity index (χ4v) is 7.73. The first-order chi connectivity index (χ1) is 11.8. The molecular weight excluding hydrogens is 340 g/mol. The van der Waals surface area contributed by atoms with E-state index in [1.165, 1.54) is 5.57 Å². The highest BCUT2D eigenvalue weighted by Crippen LogP contribution is 2.74. The fourth-order valence-electron chi connectivity index (χ4n) is 6.98. The summed E-state index contributed by atoms with van der Waals surface area (Å²) in [6, 6.07) is 0. The van der Waals surface area contributed by atoms with Gasteiger partial charge in [0, 0.05) is 16.9 Å². The van der Waals surface area contributed by atoms with Crippen LogP contribution in [0.1, 0.15) is 39.0 Å². The third-order valence-corrected chi connectivity index (χ3v) is 8.54. The number of carbonyl (C=O) groups is 1. The maximum absolute atomic E-state index is 13.0. The van der Waals surface area contributed by atoms with Crippen molar-refractivity contribution in [3.05, 3.63) is 23.8 Å². The van der Waals surface area contributed by atoms with Gasteiger partial charge in [-0.15, -0.1) is 0 Å². The quantitative estimate of drug-likeness (QED) is 0.668. The first-order valence-corrected chi connectivity index (χ1v) is 10.1. The van der Waals surface area contributed by atoms with Crippen LogP contribution in [-0.4, -0.2) is 34.4 Å². The third kappa shape index (κ3) is 1.79. The summed E-state index contributed by atoms with van der Waals surface area (Å²) in [5.74, 6) is 0.183. The molecule has 0 aromatic rings. The second-order valence-electron chi connectivity index (χ2n) is 9.00. The summed E-state index contributed by atoms with van der Waals surface area (Å²) >= 11 is -1.74. The van der Waals surface area contributed by atoms with Gasteiger partial charge in [-0.25, -0.2) is 0 Å². The van der Waals surface area contributed by atoms with E-state index >= 15 is 0 Å². The molecule has 25 heavy (non-hydrogen) atoms. The Morgan fingerprint density at radius 1 is 1.32 bits per heavy atom. The zero-order valence-electron chi connectivity index (χ0n) is 14.5. The molecule has 1 N–H and O–H groups in total. The Morgan fingerprint density at radius 2 is 2.08 bits per heavy atom. The van der Waals surface area contributed by atoms with E-state index < -0.39 is 22.9 Å². The van der Waals surface area contributed by atoms with Gasteiger partial charge in [-0.2, -0.15) is 4.21 Å². The zero-order chi connectivity index (χ0) is 17.6. The van der Waals surface area contributed by atoms with E-state index in [2.05, 4.69) is 13.5 Å². The molecule has 4 fully saturated rings. The van der Waals surface area contributed by atoms with Gasteiger partial charge in [-0.05, 0) is 37.0 Å². The molecule has 3 saturated carbocycles. The minimum atomic E-state index is -1.74. The highest BCUT2D eigenvalue weighted by Gasteiger charge is 2.74. The maximum Gasteiger partial charge on any atom is 0.304 e. The van der Waals surface area contributed by atoms with Crippen molar-refractivity contribution in [2.75, 3.05) is 13.2 Å². The van der Waals surface area contributed by atoms with Gasteiger partial charge in [0.25, 0.3) is 0 Å². The molecule has 4 bridgehead atoms. The van der Waals surface area contributed by atoms with Crippen molar-refractivity contribution in [2.45, 2.75) is 45.1 Å². The number of rotatable bonds is 0. The number of aliphatic hydroxyl groups is 1. The number of aliphatic hydroxyl groups excluding tert-OH is 1. The fraction of sp³-hybridized carbons (Fsp3) is 0.737. The molecule has 6 heteroatoms. The van der Waals surface area contributed by atoms with E-state index in [0.29, 0.717) is 31.6 Å². The Bertz CT molecular complexity index is 744. The third-order valence-electron chi connectivity index (χ3n) is 7.92. The number of Topliss-reactive ketones (excluding diaryl/α,β-unsaturated/α-hetero) is 1. The number of hydrogen-bond donors (Lipinski definition) is 1. The highest BCUT2D eigenvalue weighted by atomic mass is 32.2. The van der Waals surface area contributed by atoms with Crippen LogP contribution in [0.25, 0.3) is 0 Å². The van der Waals surface area contributed by atoms with Crippen LogP contribution in [0.3, 0.4) is 0 Å². The summed E-state index contributed by atoms with van der Waals surface area (Å²) in [5.41, 5.74) is 0.606. The molecule has 136 valence electrons. The largest absolute Gasteiger partial charge is 0.392 e. The van der Waals surface area contributed by atoms with Crippen LogP contribution in [0.5, 0.6) is 0 Å². The van der Waals surface area contributed by atoms with E-state index in [-0.39, 0.29) is 28.4 Å². The molecular formula is C19H24O5S. The lowest BCUT2D eigenvalue weighted by molar-refractivity contribution is -0.227. The molecule has 1 heterocycles. The summed E-state index contributed by atoms with van der Waals surface area (Å²) in [5, 5.41) is 11.1. The van der Waals surface area contributed by atoms with Crippen LogP contribution in [0.15, 0.2) is 23.8 Å². The second kappa shape index (κ2) is 4.91. The summed E-state index contributed by atoms with van der Waals surface area (Å²) in [6.45, 7) is 6.79. The number of allylic oxidation sites excluding steroid dienone is 3. The van der Waals surface area contributed by atoms with Crippen LogP contribution in [0, 0.1) is 28.1 Å². The van der Waals surface area contributed by atoms with Gasteiger partial charge in [-0.3, -0.25) is 13.2 Å². The van der Waals surface area contributed by atoms with Gasteiger partial charge in [0.1, 0.15) is 0 Å².